The lowest BCUT2D eigenvalue weighted by Gasteiger charge is -2.18. The summed E-state index contributed by atoms with van der Waals surface area (Å²) in [5.41, 5.74) is 0.566. The molecule has 1 aliphatic carbocycles. The maximum Gasteiger partial charge on any atom is 0.00979 e. The summed E-state index contributed by atoms with van der Waals surface area (Å²) in [4.78, 5) is 0. The molecule has 1 aliphatic rings. The van der Waals surface area contributed by atoms with Crippen LogP contribution in [0.25, 0.3) is 0 Å². The first-order valence-electron chi connectivity index (χ1n) is 5.77. The fourth-order valence-corrected chi connectivity index (χ4v) is 3.10. The predicted molar refractivity (Wildman–Crippen MR) is 67.0 cm³/mol. The van der Waals surface area contributed by atoms with Gasteiger partial charge in [-0.3, -0.25) is 0 Å². The van der Waals surface area contributed by atoms with Crippen molar-refractivity contribution in [3.05, 3.63) is 0 Å². The molecule has 0 aromatic carbocycles. The van der Waals surface area contributed by atoms with Gasteiger partial charge in [0, 0.05) is 6.04 Å². The number of hydrogen-bond acceptors (Lipinski definition) is 2. The molecule has 0 amide bonds. The molecule has 0 spiro atoms. The van der Waals surface area contributed by atoms with E-state index in [4.69, 9.17) is 0 Å². The summed E-state index contributed by atoms with van der Waals surface area (Å²) in [5, 5.41) is 3.71. The van der Waals surface area contributed by atoms with Gasteiger partial charge in [-0.15, -0.1) is 0 Å². The molecule has 0 aromatic heterocycles. The number of rotatable bonds is 5. The fraction of sp³-hybridized carbons (Fsp3) is 1.00. The number of thioether (sulfide) groups is 1. The van der Waals surface area contributed by atoms with E-state index in [1.807, 2.05) is 11.8 Å². The van der Waals surface area contributed by atoms with E-state index in [0.29, 0.717) is 5.41 Å². The second kappa shape index (κ2) is 5.41. The van der Waals surface area contributed by atoms with Crippen LogP contribution in [0, 0.1) is 11.3 Å². The summed E-state index contributed by atoms with van der Waals surface area (Å²) in [6.45, 7) is 8.38. The van der Waals surface area contributed by atoms with E-state index in [9.17, 15) is 0 Å². The molecule has 0 heterocycles. The van der Waals surface area contributed by atoms with Gasteiger partial charge in [-0.2, -0.15) is 11.8 Å². The first-order chi connectivity index (χ1) is 6.55. The highest BCUT2D eigenvalue weighted by atomic mass is 32.2. The van der Waals surface area contributed by atoms with E-state index in [1.165, 1.54) is 31.6 Å². The predicted octanol–water partition coefficient (Wildman–Crippen LogP) is 3.15. The lowest BCUT2D eigenvalue weighted by atomic mass is 9.91. The van der Waals surface area contributed by atoms with Crippen molar-refractivity contribution < 1.29 is 0 Å². The van der Waals surface area contributed by atoms with E-state index in [1.54, 1.807) is 0 Å². The third-order valence-corrected chi connectivity index (χ3v) is 3.96. The van der Waals surface area contributed by atoms with Crippen LogP contribution in [0.5, 0.6) is 0 Å². The Bertz CT molecular complexity index is 168. The average molecular weight is 215 g/mol. The van der Waals surface area contributed by atoms with Gasteiger partial charge in [-0.05, 0) is 49.1 Å². The Morgan fingerprint density at radius 2 is 2.07 bits per heavy atom. The van der Waals surface area contributed by atoms with E-state index >= 15 is 0 Å². The highest BCUT2D eigenvalue weighted by Gasteiger charge is 2.35. The van der Waals surface area contributed by atoms with E-state index in [0.717, 1.165) is 12.0 Å². The minimum absolute atomic E-state index is 0.566. The zero-order valence-electron chi connectivity index (χ0n) is 10.1. The van der Waals surface area contributed by atoms with Crippen molar-refractivity contribution >= 4 is 11.8 Å². The number of hydrogen-bond donors (Lipinski definition) is 1. The van der Waals surface area contributed by atoms with Crippen LogP contribution >= 0.6 is 11.8 Å². The minimum atomic E-state index is 0.566. The van der Waals surface area contributed by atoms with Crippen molar-refractivity contribution in [3.63, 3.8) is 0 Å². The van der Waals surface area contributed by atoms with Crippen LogP contribution in [0.4, 0.5) is 0 Å². The molecule has 0 saturated heterocycles. The molecule has 14 heavy (non-hydrogen) atoms. The molecule has 1 nitrogen and oxygen atoms in total. The normalized spacial score (nSPS) is 30.9. The van der Waals surface area contributed by atoms with E-state index < -0.39 is 0 Å². The van der Waals surface area contributed by atoms with Crippen LogP contribution in [0.1, 0.15) is 40.0 Å². The van der Waals surface area contributed by atoms with Gasteiger partial charge in [0.25, 0.3) is 0 Å². The maximum atomic E-state index is 3.71. The Balaban J connectivity index is 2.19. The summed E-state index contributed by atoms with van der Waals surface area (Å²) in [5.74, 6) is 2.15. The molecule has 0 radical (unpaired) electrons. The van der Waals surface area contributed by atoms with Gasteiger partial charge < -0.3 is 5.32 Å². The molecule has 1 N–H and O–H groups in total. The van der Waals surface area contributed by atoms with Crippen LogP contribution in [-0.2, 0) is 0 Å². The molecule has 0 aliphatic heterocycles. The molecular formula is C12H25NS. The summed E-state index contributed by atoms with van der Waals surface area (Å²) < 4.78 is 0. The summed E-state index contributed by atoms with van der Waals surface area (Å²) in [7, 11) is 0. The second-order valence-electron chi connectivity index (χ2n) is 5.46. The summed E-state index contributed by atoms with van der Waals surface area (Å²) in [6, 6.07) is 0.770. The molecule has 1 fully saturated rings. The van der Waals surface area contributed by atoms with Crippen molar-refractivity contribution in [2.24, 2.45) is 11.3 Å². The van der Waals surface area contributed by atoms with Gasteiger partial charge in [-0.25, -0.2) is 0 Å². The lowest BCUT2D eigenvalue weighted by Crippen LogP contribution is -2.32. The van der Waals surface area contributed by atoms with Gasteiger partial charge in [0.15, 0.2) is 0 Å². The topological polar surface area (TPSA) is 12.0 Å². The quantitative estimate of drug-likeness (QED) is 0.707. The summed E-state index contributed by atoms with van der Waals surface area (Å²) in [6.07, 6.45) is 6.23. The Morgan fingerprint density at radius 3 is 2.57 bits per heavy atom. The Kier molecular flexibility index (Phi) is 4.78. The highest BCUT2D eigenvalue weighted by molar-refractivity contribution is 7.98. The van der Waals surface area contributed by atoms with Crippen molar-refractivity contribution in [2.45, 2.75) is 46.1 Å². The van der Waals surface area contributed by atoms with Crippen LogP contribution in [0.3, 0.4) is 0 Å². The van der Waals surface area contributed by atoms with Gasteiger partial charge in [0.05, 0.1) is 0 Å². The van der Waals surface area contributed by atoms with Crippen molar-refractivity contribution in [3.8, 4) is 0 Å². The summed E-state index contributed by atoms with van der Waals surface area (Å²) >= 11 is 1.94. The van der Waals surface area contributed by atoms with E-state index in [-0.39, 0.29) is 0 Å². The third kappa shape index (κ3) is 3.82. The monoisotopic (exact) mass is 215 g/mol. The van der Waals surface area contributed by atoms with Crippen molar-refractivity contribution in [2.75, 3.05) is 18.6 Å². The smallest absolute Gasteiger partial charge is 0.00979 e. The van der Waals surface area contributed by atoms with Gasteiger partial charge in [-0.1, -0.05) is 20.8 Å². The zero-order valence-corrected chi connectivity index (χ0v) is 10.9. The molecule has 2 atom stereocenters. The zero-order chi connectivity index (χ0) is 10.6. The Hall–Kier alpha value is 0.310. The third-order valence-electron chi connectivity index (χ3n) is 3.27. The van der Waals surface area contributed by atoms with Crippen LogP contribution < -0.4 is 5.32 Å². The largest absolute Gasteiger partial charge is 0.314 e. The van der Waals surface area contributed by atoms with Crippen LogP contribution in [0.2, 0.25) is 0 Å². The average Bonchev–Trinajstić information content (AvgIpc) is 2.34. The molecule has 1 rings (SSSR count). The maximum absolute atomic E-state index is 3.71. The number of nitrogens with one attached hydrogen (secondary N) is 1. The van der Waals surface area contributed by atoms with Crippen LogP contribution in [0.15, 0.2) is 0 Å². The first kappa shape index (κ1) is 12.4. The molecule has 2 heteroatoms. The Labute approximate surface area is 93.4 Å². The molecule has 2 unspecified atom stereocenters. The van der Waals surface area contributed by atoms with Gasteiger partial charge in [0.1, 0.15) is 0 Å². The molecular weight excluding hydrogens is 190 g/mol. The van der Waals surface area contributed by atoms with Gasteiger partial charge in [0.2, 0.25) is 0 Å². The lowest BCUT2D eigenvalue weighted by molar-refractivity contribution is 0.362. The highest BCUT2D eigenvalue weighted by Crippen LogP contribution is 2.40. The van der Waals surface area contributed by atoms with Gasteiger partial charge >= 0.3 is 0 Å². The SMILES string of the molecule is CSCCCNC1CC(C)(C)CC1C. The van der Waals surface area contributed by atoms with E-state index in [2.05, 4.69) is 32.3 Å². The first-order valence-corrected chi connectivity index (χ1v) is 7.17. The Morgan fingerprint density at radius 1 is 1.36 bits per heavy atom. The molecule has 0 bridgehead atoms. The molecule has 84 valence electrons. The van der Waals surface area contributed by atoms with Crippen LogP contribution in [-0.4, -0.2) is 24.6 Å². The van der Waals surface area contributed by atoms with Crippen molar-refractivity contribution in [1.82, 2.24) is 5.32 Å². The minimum Gasteiger partial charge on any atom is -0.314 e. The standard InChI is InChI=1S/C12H25NS/c1-10-8-12(2,3)9-11(10)13-6-5-7-14-4/h10-11,13H,5-9H2,1-4H3. The fourth-order valence-electron chi connectivity index (χ4n) is 2.67. The molecule has 0 aromatic rings. The second-order valence-corrected chi connectivity index (χ2v) is 6.44. The van der Waals surface area contributed by atoms with Crippen molar-refractivity contribution in [1.29, 1.82) is 0 Å². The molecule has 1 saturated carbocycles.